The summed E-state index contributed by atoms with van der Waals surface area (Å²) in [5.74, 6) is 0.992. The maximum atomic E-state index is 12.1. The molecule has 7 heteroatoms. The molecule has 1 aliphatic rings. The van der Waals surface area contributed by atoms with Crippen LogP contribution in [0.3, 0.4) is 0 Å². The largest absolute Gasteiger partial charge is 0.367 e. The van der Waals surface area contributed by atoms with Crippen LogP contribution < -0.4 is 5.73 Å². The van der Waals surface area contributed by atoms with E-state index in [1.54, 1.807) is 0 Å². The van der Waals surface area contributed by atoms with Gasteiger partial charge >= 0.3 is 0 Å². The molecule has 2 rings (SSSR count). The second-order valence-electron chi connectivity index (χ2n) is 5.39. The van der Waals surface area contributed by atoms with Crippen LogP contribution in [0.5, 0.6) is 0 Å². The summed E-state index contributed by atoms with van der Waals surface area (Å²) in [5, 5.41) is 3.93. The Bertz CT molecular complexity index is 422. The number of nitrogens with two attached hydrogens (primary N) is 1. The zero-order valence-corrected chi connectivity index (χ0v) is 11.6. The summed E-state index contributed by atoms with van der Waals surface area (Å²) >= 11 is 0. The quantitative estimate of drug-likeness (QED) is 0.806. The molecule has 0 aliphatic carbocycles. The van der Waals surface area contributed by atoms with Gasteiger partial charge in [0.15, 0.2) is 0 Å². The Hall–Kier alpha value is -1.63. The first-order valence-electron chi connectivity index (χ1n) is 6.62. The molecule has 1 aromatic heterocycles. The zero-order valence-electron chi connectivity index (χ0n) is 11.6. The molecule has 0 saturated carbocycles. The van der Waals surface area contributed by atoms with Crippen LogP contribution in [0, 0.1) is 5.92 Å². The summed E-state index contributed by atoms with van der Waals surface area (Å²) in [7, 11) is 4.18. The van der Waals surface area contributed by atoms with Gasteiger partial charge < -0.3 is 15.5 Å². The van der Waals surface area contributed by atoms with Crippen molar-refractivity contribution in [1.29, 1.82) is 0 Å². The molecule has 106 valence electrons. The topological polar surface area (TPSA) is 80.3 Å². The number of carbonyl (C=O) groups excluding carboxylic acids is 1. The van der Waals surface area contributed by atoms with E-state index in [1.165, 1.54) is 11.0 Å². The third kappa shape index (κ3) is 3.92. The van der Waals surface area contributed by atoms with Crippen molar-refractivity contribution in [2.75, 3.05) is 39.5 Å². The van der Waals surface area contributed by atoms with Gasteiger partial charge in [-0.1, -0.05) is 0 Å². The highest BCUT2D eigenvalue weighted by Crippen LogP contribution is 2.17. The number of hydrogen-bond donors (Lipinski definition) is 1. The number of piperidine rings is 1. The van der Waals surface area contributed by atoms with Gasteiger partial charge in [-0.25, -0.2) is 9.67 Å². The van der Waals surface area contributed by atoms with Crippen LogP contribution in [0.15, 0.2) is 6.33 Å². The van der Waals surface area contributed by atoms with Gasteiger partial charge in [0.1, 0.15) is 12.9 Å². The summed E-state index contributed by atoms with van der Waals surface area (Å²) in [5.41, 5.74) is 5.42. The summed E-state index contributed by atoms with van der Waals surface area (Å²) in [6.45, 7) is 2.99. The van der Waals surface area contributed by atoms with E-state index in [2.05, 4.69) is 29.1 Å². The van der Waals surface area contributed by atoms with Crippen molar-refractivity contribution in [3.63, 3.8) is 0 Å². The highest BCUT2D eigenvalue weighted by atomic mass is 16.2. The Morgan fingerprint density at radius 1 is 1.47 bits per heavy atom. The fourth-order valence-electron chi connectivity index (χ4n) is 2.51. The molecule has 0 atom stereocenters. The minimum absolute atomic E-state index is 0.0909. The molecule has 1 aromatic rings. The van der Waals surface area contributed by atoms with Crippen LogP contribution in [0.2, 0.25) is 0 Å². The Morgan fingerprint density at radius 3 is 2.68 bits per heavy atom. The number of carbonyl (C=O) groups is 1. The number of nitrogens with zero attached hydrogens (tertiary/aromatic N) is 5. The van der Waals surface area contributed by atoms with Crippen LogP contribution >= 0.6 is 0 Å². The normalized spacial score (nSPS) is 17.1. The molecule has 2 heterocycles. The van der Waals surface area contributed by atoms with Gasteiger partial charge in [-0.15, -0.1) is 5.10 Å². The molecule has 1 aliphatic heterocycles. The smallest absolute Gasteiger partial charge is 0.244 e. The van der Waals surface area contributed by atoms with Crippen molar-refractivity contribution in [3.05, 3.63) is 6.33 Å². The molecular weight excluding hydrogens is 244 g/mol. The Morgan fingerprint density at radius 2 is 2.16 bits per heavy atom. The van der Waals surface area contributed by atoms with Crippen LogP contribution in [0.4, 0.5) is 5.95 Å². The lowest BCUT2D eigenvalue weighted by molar-refractivity contribution is -0.133. The lowest BCUT2D eigenvalue weighted by Crippen LogP contribution is -2.42. The molecule has 0 unspecified atom stereocenters. The minimum Gasteiger partial charge on any atom is -0.367 e. The third-order valence-electron chi connectivity index (χ3n) is 3.44. The molecule has 2 N–H and O–H groups in total. The first-order valence-corrected chi connectivity index (χ1v) is 6.62. The lowest BCUT2D eigenvalue weighted by atomic mass is 9.96. The molecule has 1 amide bonds. The first-order chi connectivity index (χ1) is 9.04. The van der Waals surface area contributed by atoms with E-state index in [0.29, 0.717) is 5.92 Å². The summed E-state index contributed by atoms with van der Waals surface area (Å²) in [6, 6.07) is 0. The summed E-state index contributed by atoms with van der Waals surface area (Å²) < 4.78 is 1.49. The van der Waals surface area contributed by atoms with Gasteiger partial charge in [0.2, 0.25) is 11.9 Å². The molecule has 0 spiro atoms. The van der Waals surface area contributed by atoms with E-state index in [9.17, 15) is 4.79 Å². The van der Waals surface area contributed by atoms with Gasteiger partial charge in [-0.3, -0.25) is 4.79 Å². The van der Waals surface area contributed by atoms with Gasteiger partial charge in [0, 0.05) is 19.6 Å². The molecule has 7 nitrogen and oxygen atoms in total. The van der Waals surface area contributed by atoms with Gasteiger partial charge in [0.25, 0.3) is 0 Å². The minimum atomic E-state index is 0.0909. The van der Waals surface area contributed by atoms with Crippen LogP contribution in [-0.2, 0) is 11.3 Å². The van der Waals surface area contributed by atoms with Crippen LogP contribution in [0.1, 0.15) is 12.8 Å². The van der Waals surface area contributed by atoms with E-state index in [-0.39, 0.29) is 18.4 Å². The van der Waals surface area contributed by atoms with Crippen molar-refractivity contribution in [3.8, 4) is 0 Å². The first kappa shape index (κ1) is 13.8. The zero-order chi connectivity index (χ0) is 13.8. The van der Waals surface area contributed by atoms with E-state index in [4.69, 9.17) is 5.73 Å². The van der Waals surface area contributed by atoms with Crippen LogP contribution in [-0.4, -0.2) is 64.2 Å². The number of aromatic nitrogens is 3. The number of amides is 1. The lowest BCUT2D eigenvalue weighted by Gasteiger charge is -2.33. The molecule has 0 aromatic carbocycles. The van der Waals surface area contributed by atoms with Gasteiger partial charge in [-0.2, -0.15) is 0 Å². The molecule has 19 heavy (non-hydrogen) atoms. The Balaban J connectivity index is 1.79. The Labute approximate surface area is 113 Å². The molecular formula is C12H22N6O. The average Bonchev–Trinajstić information content (AvgIpc) is 2.75. The summed E-state index contributed by atoms with van der Waals surface area (Å²) in [4.78, 5) is 20.0. The second-order valence-corrected chi connectivity index (χ2v) is 5.39. The fraction of sp³-hybridized carbons (Fsp3) is 0.750. The molecule has 0 bridgehead atoms. The number of nitrogen functional groups attached to an aromatic ring is 1. The highest BCUT2D eigenvalue weighted by Gasteiger charge is 2.23. The van der Waals surface area contributed by atoms with E-state index >= 15 is 0 Å². The highest BCUT2D eigenvalue weighted by molar-refractivity contribution is 5.75. The molecule has 1 fully saturated rings. The van der Waals surface area contributed by atoms with Gasteiger partial charge in [0.05, 0.1) is 0 Å². The molecule has 0 radical (unpaired) electrons. The predicted octanol–water partition coefficient (Wildman–Crippen LogP) is -0.339. The predicted molar refractivity (Wildman–Crippen MR) is 72.3 cm³/mol. The standard InChI is InChI=1S/C12H22N6O/c1-16(2)7-10-3-5-17(6-4-10)11(19)8-18-9-14-12(13)15-18/h9-10H,3-8H2,1-2H3,(H2,13,15). The Kier molecular flexibility index (Phi) is 4.36. The second kappa shape index (κ2) is 6.01. The van der Waals surface area contributed by atoms with Crippen molar-refractivity contribution < 1.29 is 4.79 Å². The molecule has 1 saturated heterocycles. The van der Waals surface area contributed by atoms with E-state index in [1.807, 2.05) is 4.90 Å². The van der Waals surface area contributed by atoms with Crippen molar-refractivity contribution in [1.82, 2.24) is 24.6 Å². The van der Waals surface area contributed by atoms with Crippen molar-refractivity contribution >= 4 is 11.9 Å². The van der Waals surface area contributed by atoms with Crippen molar-refractivity contribution in [2.24, 2.45) is 5.92 Å². The maximum Gasteiger partial charge on any atom is 0.244 e. The maximum absolute atomic E-state index is 12.1. The van der Waals surface area contributed by atoms with Crippen molar-refractivity contribution in [2.45, 2.75) is 19.4 Å². The number of likely N-dealkylation sites (tertiary alicyclic amines) is 1. The monoisotopic (exact) mass is 266 g/mol. The number of anilines is 1. The van der Waals surface area contributed by atoms with E-state index in [0.717, 1.165) is 32.5 Å². The van der Waals surface area contributed by atoms with Gasteiger partial charge in [-0.05, 0) is 32.9 Å². The van der Waals surface area contributed by atoms with Crippen LogP contribution in [0.25, 0.3) is 0 Å². The fourth-order valence-corrected chi connectivity index (χ4v) is 2.51. The number of hydrogen-bond acceptors (Lipinski definition) is 5. The third-order valence-corrected chi connectivity index (χ3v) is 3.44. The van der Waals surface area contributed by atoms with E-state index < -0.39 is 0 Å². The summed E-state index contributed by atoms with van der Waals surface area (Å²) in [6.07, 6.45) is 3.64. The number of rotatable bonds is 4. The SMILES string of the molecule is CN(C)CC1CCN(C(=O)Cn2cnc(N)n2)CC1. The average molecular weight is 266 g/mol.